The predicted octanol–water partition coefficient (Wildman–Crippen LogP) is 2.80. The molecule has 14 heavy (non-hydrogen) atoms. The topological polar surface area (TPSA) is 29.1 Å². The average Bonchev–Trinajstić information content (AvgIpc) is 2.50. The lowest BCUT2D eigenvalue weighted by Gasteiger charge is -2.05. The Labute approximate surface area is 93.3 Å². The third-order valence-electron chi connectivity index (χ3n) is 1.90. The van der Waals surface area contributed by atoms with Crippen LogP contribution in [0.5, 0.6) is 0 Å². The van der Waals surface area contributed by atoms with Gasteiger partial charge in [-0.05, 0) is 37.3 Å². The van der Waals surface area contributed by atoms with Crippen LogP contribution in [0.2, 0.25) is 0 Å². The Morgan fingerprint density at radius 3 is 2.93 bits per heavy atom. The Morgan fingerprint density at radius 1 is 1.71 bits per heavy atom. The molecule has 2 nitrogen and oxygen atoms in total. The molecule has 0 aliphatic carbocycles. The molecule has 1 heterocycles. The molecule has 0 saturated carbocycles. The first-order valence-corrected chi connectivity index (χ1v) is 5.89. The van der Waals surface area contributed by atoms with Crippen LogP contribution in [0.1, 0.15) is 28.6 Å². The monoisotopic (exact) mass is 231 g/mol. The first kappa shape index (κ1) is 11.5. The Morgan fingerprint density at radius 2 is 2.43 bits per heavy atom. The third kappa shape index (κ3) is 3.31. The summed E-state index contributed by atoms with van der Waals surface area (Å²) in [4.78, 5) is 12.4. The fourth-order valence-corrected chi connectivity index (χ4v) is 2.02. The van der Waals surface area contributed by atoms with E-state index in [1.807, 2.05) is 25.3 Å². The molecule has 1 N–H and O–H groups in total. The number of carbonyl (C=O) groups is 1. The fraction of sp³-hybridized carbons (Fsp3) is 0.500. The van der Waals surface area contributed by atoms with Crippen molar-refractivity contribution in [2.45, 2.75) is 25.6 Å². The highest BCUT2D eigenvalue weighted by Gasteiger charge is 2.09. The molecule has 0 radical (unpaired) electrons. The number of amides is 1. The zero-order valence-electron chi connectivity index (χ0n) is 8.34. The molecule has 0 aromatic carbocycles. The van der Waals surface area contributed by atoms with Crippen molar-refractivity contribution in [3.05, 3.63) is 21.9 Å². The Balaban J connectivity index is 2.40. The van der Waals surface area contributed by atoms with Crippen LogP contribution >= 0.6 is 22.9 Å². The fourth-order valence-electron chi connectivity index (χ4n) is 1.07. The number of rotatable bonds is 4. The van der Waals surface area contributed by atoms with E-state index in [0.29, 0.717) is 6.54 Å². The lowest BCUT2D eigenvalue weighted by atomic mass is 10.2. The largest absolute Gasteiger partial charge is 0.351 e. The van der Waals surface area contributed by atoms with Crippen molar-refractivity contribution in [2.75, 3.05) is 6.54 Å². The van der Waals surface area contributed by atoms with Gasteiger partial charge in [-0.3, -0.25) is 4.79 Å². The van der Waals surface area contributed by atoms with Crippen molar-refractivity contribution < 1.29 is 4.79 Å². The summed E-state index contributed by atoms with van der Waals surface area (Å²) in [5, 5.41) is 4.88. The van der Waals surface area contributed by atoms with Crippen LogP contribution in [0.15, 0.2) is 11.4 Å². The molecular formula is C10H14ClNOS. The van der Waals surface area contributed by atoms with Crippen LogP contribution in [0.4, 0.5) is 0 Å². The highest BCUT2D eigenvalue weighted by Crippen LogP contribution is 2.14. The Hall–Kier alpha value is -0.540. The second kappa shape index (κ2) is 5.37. The average molecular weight is 232 g/mol. The van der Waals surface area contributed by atoms with E-state index in [0.717, 1.165) is 16.9 Å². The molecule has 4 heteroatoms. The highest BCUT2D eigenvalue weighted by molar-refractivity contribution is 7.12. The Bertz CT molecular complexity index is 309. The summed E-state index contributed by atoms with van der Waals surface area (Å²) < 4.78 is 0. The third-order valence-corrected chi connectivity index (χ3v) is 3.13. The molecule has 1 rings (SSSR count). The zero-order chi connectivity index (χ0) is 10.6. The number of aryl methyl sites for hydroxylation is 1. The number of carbonyl (C=O) groups excluding carboxylic acids is 1. The standard InChI is InChI=1S/C10H14ClNOS/c1-7-4-6-14-9(7)10(13)12-5-3-8(2)11/h4,6,8H,3,5H2,1-2H3,(H,12,13). The Kier molecular flexibility index (Phi) is 4.42. The van der Waals surface area contributed by atoms with E-state index in [1.54, 1.807) is 0 Å². The van der Waals surface area contributed by atoms with Gasteiger partial charge in [0.2, 0.25) is 0 Å². The smallest absolute Gasteiger partial charge is 0.261 e. The van der Waals surface area contributed by atoms with Gasteiger partial charge in [-0.25, -0.2) is 0 Å². The van der Waals surface area contributed by atoms with Gasteiger partial charge in [0, 0.05) is 11.9 Å². The van der Waals surface area contributed by atoms with Gasteiger partial charge in [0.15, 0.2) is 0 Å². The minimum Gasteiger partial charge on any atom is -0.351 e. The lowest BCUT2D eigenvalue weighted by molar-refractivity contribution is 0.0957. The quantitative estimate of drug-likeness (QED) is 0.794. The molecule has 1 unspecified atom stereocenters. The van der Waals surface area contributed by atoms with E-state index >= 15 is 0 Å². The second-order valence-electron chi connectivity index (χ2n) is 3.26. The number of nitrogens with one attached hydrogen (secondary N) is 1. The van der Waals surface area contributed by atoms with Crippen molar-refractivity contribution in [1.29, 1.82) is 0 Å². The molecule has 1 atom stereocenters. The summed E-state index contributed by atoms with van der Waals surface area (Å²) >= 11 is 7.24. The van der Waals surface area contributed by atoms with Gasteiger partial charge in [0.25, 0.3) is 5.91 Å². The van der Waals surface area contributed by atoms with Crippen molar-refractivity contribution in [2.24, 2.45) is 0 Å². The van der Waals surface area contributed by atoms with E-state index in [2.05, 4.69) is 5.32 Å². The number of hydrogen-bond donors (Lipinski definition) is 1. The van der Waals surface area contributed by atoms with Crippen LogP contribution in [0.25, 0.3) is 0 Å². The maximum Gasteiger partial charge on any atom is 0.261 e. The summed E-state index contributed by atoms with van der Waals surface area (Å²) in [6.45, 7) is 4.50. The minimum atomic E-state index is 0.00909. The van der Waals surface area contributed by atoms with Crippen LogP contribution in [0, 0.1) is 6.92 Å². The van der Waals surface area contributed by atoms with Gasteiger partial charge in [0.05, 0.1) is 4.88 Å². The molecule has 0 fully saturated rings. The summed E-state index contributed by atoms with van der Waals surface area (Å²) in [7, 11) is 0. The van der Waals surface area contributed by atoms with Gasteiger partial charge >= 0.3 is 0 Å². The lowest BCUT2D eigenvalue weighted by Crippen LogP contribution is -2.25. The molecule has 0 aliphatic heterocycles. The van der Waals surface area contributed by atoms with Gasteiger partial charge in [-0.1, -0.05) is 0 Å². The number of halogens is 1. The number of thiophene rings is 1. The molecule has 1 aromatic heterocycles. The summed E-state index contributed by atoms with van der Waals surface area (Å²) in [5.41, 5.74) is 1.03. The van der Waals surface area contributed by atoms with Crippen molar-refractivity contribution >= 4 is 28.8 Å². The first-order valence-electron chi connectivity index (χ1n) is 4.57. The molecule has 78 valence electrons. The van der Waals surface area contributed by atoms with Gasteiger partial charge in [-0.2, -0.15) is 0 Å². The van der Waals surface area contributed by atoms with E-state index in [9.17, 15) is 4.79 Å². The maximum atomic E-state index is 11.6. The zero-order valence-corrected chi connectivity index (χ0v) is 9.91. The number of alkyl halides is 1. The highest BCUT2D eigenvalue weighted by atomic mass is 35.5. The first-order chi connectivity index (χ1) is 6.61. The van der Waals surface area contributed by atoms with Crippen molar-refractivity contribution in [3.8, 4) is 0 Å². The minimum absolute atomic E-state index is 0.00909. The van der Waals surface area contributed by atoms with Crippen LogP contribution in [-0.4, -0.2) is 17.8 Å². The summed E-state index contributed by atoms with van der Waals surface area (Å²) in [6, 6.07) is 1.95. The van der Waals surface area contributed by atoms with E-state index in [1.165, 1.54) is 11.3 Å². The molecular weight excluding hydrogens is 218 g/mol. The van der Waals surface area contributed by atoms with Crippen LogP contribution in [0.3, 0.4) is 0 Å². The predicted molar refractivity (Wildman–Crippen MR) is 61.3 cm³/mol. The molecule has 0 aliphatic rings. The van der Waals surface area contributed by atoms with Crippen molar-refractivity contribution in [3.63, 3.8) is 0 Å². The van der Waals surface area contributed by atoms with Gasteiger partial charge in [-0.15, -0.1) is 22.9 Å². The summed E-state index contributed by atoms with van der Waals surface area (Å²) in [5.74, 6) is 0.00909. The molecule has 0 saturated heterocycles. The van der Waals surface area contributed by atoms with E-state index in [-0.39, 0.29) is 11.3 Å². The normalized spacial score (nSPS) is 12.5. The second-order valence-corrected chi connectivity index (χ2v) is 4.92. The SMILES string of the molecule is Cc1ccsc1C(=O)NCCC(C)Cl. The number of hydrogen-bond acceptors (Lipinski definition) is 2. The van der Waals surface area contributed by atoms with Crippen LogP contribution in [-0.2, 0) is 0 Å². The molecule has 1 amide bonds. The molecule has 0 bridgehead atoms. The van der Waals surface area contributed by atoms with Crippen molar-refractivity contribution in [1.82, 2.24) is 5.32 Å². The molecule has 1 aromatic rings. The van der Waals surface area contributed by atoms with Gasteiger partial charge in [0.1, 0.15) is 0 Å². The van der Waals surface area contributed by atoms with E-state index < -0.39 is 0 Å². The maximum absolute atomic E-state index is 11.6. The van der Waals surface area contributed by atoms with Crippen LogP contribution < -0.4 is 5.32 Å². The molecule has 0 spiro atoms. The van der Waals surface area contributed by atoms with Gasteiger partial charge < -0.3 is 5.32 Å². The summed E-state index contributed by atoms with van der Waals surface area (Å²) in [6.07, 6.45) is 0.803. The van der Waals surface area contributed by atoms with E-state index in [4.69, 9.17) is 11.6 Å².